The van der Waals surface area contributed by atoms with E-state index in [0.717, 1.165) is 0 Å². The van der Waals surface area contributed by atoms with Gasteiger partial charge in [-0.1, -0.05) is 0 Å². The standard InChI is InChI=1S/C8H10F2O7/c1-2-17-6(15)8(9,10)7(16,5(13)14)3-4(11)12/h16H,2-3H2,1H3,(H,11,12)(H,13,14). The van der Waals surface area contributed by atoms with Crippen LogP contribution in [0.25, 0.3) is 0 Å². The third kappa shape index (κ3) is 2.87. The fourth-order valence-corrected chi connectivity index (χ4v) is 0.930. The smallest absolute Gasteiger partial charge is 0.382 e. The van der Waals surface area contributed by atoms with Crippen LogP contribution in [0.5, 0.6) is 0 Å². The zero-order valence-corrected chi connectivity index (χ0v) is 8.64. The highest BCUT2D eigenvalue weighted by Crippen LogP contribution is 2.33. The van der Waals surface area contributed by atoms with Crippen LogP contribution in [-0.2, 0) is 19.1 Å². The SMILES string of the molecule is CCOC(=O)C(F)(F)C(O)(CC(=O)O)C(=O)O. The summed E-state index contributed by atoms with van der Waals surface area (Å²) < 4.78 is 30.5. The average Bonchev–Trinajstić information content (AvgIpc) is 2.16. The van der Waals surface area contributed by atoms with Gasteiger partial charge in [0.2, 0.25) is 5.60 Å². The number of alkyl halides is 2. The van der Waals surface area contributed by atoms with Crippen molar-refractivity contribution in [2.45, 2.75) is 24.9 Å². The normalized spacial score (nSPS) is 14.8. The fraction of sp³-hybridized carbons (Fsp3) is 0.625. The number of aliphatic hydroxyl groups is 1. The molecule has 7 nitrogen and oxygen atoms in total. The molecule has 0 aliphatic rings. The first-order chi connectivity index (χ1) is 7.59. The number of esters is 1. The van der Waals surface area contributed by atoms with Crippen molar-refractivity contribution in [1.29, 1.82) is 0 Å². The second kappa shape index (κ2) is 5.04. The van der Waals surface area contributed by atoms with E-state index in [-0.39, 0.29) is 0 Å². The summed E-state index contributed by atoms with van der Waals surface area (Å²) in [6, 6.07) is 0. The van der Waals surface area contributed by atoms with Crippen LogP contribution in [0.3, 0.4) is 0 Å². The van der Waals surface area contributed by atoms with Gasteiger partial charge in [-0.15, -0.1) is 0 Å². The van der Waals surface area contributed by atoms with Gasteiger partial charge in [-0.2, -0.15) is 8.78 Å². The van der Waals surface area contributed by atoms with Crippen LogP contribution in [0, 0.1) is 0 Å². The van der Waals surface area contributed by atoms with E-state index < -0.39 is 42.5 Å². The van der Waals surface area contributed by atoms with Gasteiger partial charge in [0.25, 0.3) is 0 Å². The summed E-state index contributed by atoms with van der Waals surface area (Å²) in [5, 5.41) is 25.8. The van der Waals surface area contributed by atoms with Gasteiger partial charge in [-0.25, -0.2) is 9.59 Å². The number of aliphatic carboxylic acids is 2. The summed E-state index contributed by atoms with van der Waals surface area (Å²) in [7, 11) is 0. The zero-order chi connectivity index (χ0) is 13.9. The first-order valence-electron chi connectivity index (χ1n) is 4.32. The molecule has 9 heteroatoms. The second-order valence-electron chi connectivity index (χ2n) is 3.03. The Kier molecular flexibility index (Phi) is 4.52. The molecule has 0 aliphatic carbocycles. The molecule has 0 radical (unpaired) electrons. The molecule has 0 aromatic heterocycles. The molecule has 0 spiro atoms. The Morgan fingerprint density at radius 2 is 1.71 bits per heavy atom. The van der Waals surface area contributed by atoms with Crippen molar-refractivity contribution in [3.05, 3.63) is 0 Å². The van der Waals surface area contributed by atoms with E-state index in [2.05, 4.69) is 4.74 Å². The monoisotopic (exact) mass is 256 g/mol. The maximum absolute atomic E-state index is 13.3. The lowest BCUT2D eigenvalue weighted by atomic mass is 9.91. The molecule has 0 rings (SSSR count). The number of hydrogen-bond donors (Lipinski definition) is 3. The summed E-state index contributed by atoms with van der Waals surface area (Å²) in [6.07, 6.45) is -1.84. The van der Waals surface area contributed by atoms with Crippen molar-refractivity contribution in [2.24, 2.45) is 0 Å². The third-order valence-corrected chi connectivity index (χ3v) is 1.81. The summed E-state index contributed by atoms with van der Waals surface area (Å²) >= 11 is 0. The van der Waals surface area contributed by atoms with E-state index in [1.54, 1.807) is 0 Å². The molecule has 1 unspecified atom stereocenters. The molecule has 0 aliphatic heterocycles. The van der Waals surface area contributed by atoms with Gasteiger partial charge in [0.15, 0.2) is 0 Å². The van der Waals surface area contributed by atoms with Crippen LogP contribution in [0.15, 0.2) is 0 Å². The Labute approximate surface area is 93.6 Å². The quantitative estimate of drug-likeness (QED) is 0.546. The Hall–Kier alpha value is -1.77. The summed E-state index contributed by atoms with van der Waals surface area (Å²) in [6.45, 7) is 0.711. The van der Waals surface area contributed by atoms with Gasteiger partial charge in [0, 0.05) is 0 Å². The van der Waals surface area contributed by atoms with Crippen molar-refractivity contribution in [1.82, 2.24) is 0 Å². The van der Waals surface area contributed by atoms with Gasteiger partial charge in [-0.3, -0.25) is 4.79 Å². The van der Waals surface area contributed by atoms with Crippen molar-refractivity contribution in [3.63, 3.8) is 0 Å². The summed E-state index contributed by atoms with van der Waals surface area (Å²) in [5.74, 6) is -11.7. The van der Waals surface area contributed by atoms with Crippen LogP contribution in [0.4, 0.5) is 8.78 Å². The number of carbonyl (C=O) groups excluding carboxylic acids is 1. The van der Waals surface area contributed by atoms with Gasteiger partial charge < -0.3 is 20.1 Å². The predicted octanol–water partition coefficient (Wildman–Crippen LogP) is -0.525. The predicted molar refractivity (Wildman–Crippen MR) is 46.4 cm³/mol. The lowest BCUT2D eigenvalue weighted by Gasteiger charge is -2.28. The minimum Gasteiger partial charge on any atom is -0.481 e. The minimum atomic E-state index is -4.87. The van der Waals surface area contributed by atoms with Crippen molar-refractivity contribution < 1.29 is 43.2 Å². The largest absolute Gasteiger partial charge is 0.481 e. The lowest BCUT2D eigenvalue weighted by molar-refractivity contribution is -0.224. The van der Waals surface area contributed by atoms with Crippen molar-refractivity contribution >= 4 is 17.9 Å². The summed E-state index contributed by atoms with van der Waals surface area (Å²) in [5.41, 5.74) is -4.05. The number of rotatable bonds is 6. The molecular weight excluding hydrogens is 246 g/mol. The van der Waals surface area contributed by atoms with E-state index >= 15 is 0 Å². The Morgan fingerprint density at radius 1 is 1.24 bits per heavy atom. The highest BCUT2D eigenvalue weighted by molar-refractivity contribution is 5.93. The lowest BCUT2D eigenvalue weighted by Crippen LogP contribution is -2.60. The van der Waals surface area contributed by atoms with Crippen LogP contribution < -0.4 is 0 Å². The van der Waals surface area contributed by atoms with Gasteiger partial charge in [0.05, 0.1) is 13.0 Å². The minimum absolute atomic E-state index is 0.475. The molecule has 0 aromatic carbocycles. The highest BCUT2D eigenvalue weighted by Gasteiger charge is 2.65. The van der Waals surface area contributed by atoms with Crippen molar-refractivity contribution in [2.75, 3.05) is 6.61 Å². The average molecular weight is 256 g/mol. The summed E-state index contributed by atoms with van der Waals surface area (Å²) in [4.78, 5) is 31.6. The molecule has 0 heterocycles. The third-order valence-electron chi connectivity index (χ3n) is 1.81. The molecule has 17 heavy (non-hydrogen) atoms. The molecular formula is C8H10F2O7. The first kappa shape index (κ1) is 15.2. The Balaban J connectivity index is 5.37. The topological polar surface area (TPSA) is 121 Å². The van der Waals surface area contributed by atoms with Crippen molar-refractivity contribution in [3.8, 4) is 0 Å². The van der Waals surface area contributed by atoms with Gasteiger partial charge in [0.1, 0.15) is 0 Å². The molecule has 0 aromatic rings. The first-order valence-corrected chi connectivity index (χ1v) is 4.32. The van der Waals surface area contributed by atoms with E-state index in [0.29, 0.717) is 0 Å². The molecule has 1 atom stereocenters. The second-order valence-corrected chi connectivity index (χ2v) is 3.03. The number of ether oxygens (including phenoxy) is 1. The van der Waals surface area contributed by atoms with Gasteiger partial charge in [-0.05, 0) is 6.92 Å². The van der Waals surface area contributed by atoms with Crippen LogP contribution in [-0.4, -0.2) is 51.4 Å². The number of carboxylic acid groups (broad SMARTS) is 2. The molecule has 0 saturated heterocycles. The fourth-order valence-electron chi connectivity index (χ4n) is 0.930. The molecule has 98 valence electrons. The highest BCUT2D eigenvalue weighted by atomic mass is 19.3. The van der Waals surface area contributed by atoms with E-state index in [1.165, 1.54) is 6.92 Å². The maximum Gasteiger partial charge on any atom is 0.382 e. The van der Waals surface area contributed by atoms with Gasteiger partial charge >= 0.3 is 23.8 Å². The Morgan fingerprint density at radius 3 is 2.00 bits per heavy atom. The number of carboxylic acids is 2. The zero-order valence-electron chi connectivity index (χ0n) is 8.64. The van der Waals surface area contributed by atoms with Crippen LogP contribution >= 0.6 is 0 Å². The Bertz CT molecular complexity index is 341. The number of carbonyl (C=O) groups is 3. The van der Waals surface area contributed by atoms with Crippen LogP contribution in [0.1, 0.15) is 13.3 Å². The maximum atomic E-state index is 13.3. The van der Waals surface area contributed by atoms with E-state index in [1.807, 2.05) is 0 Å². The molecule has 0 fully saturated rings. The molecule has 3 N–H and O–H groups in total. The van der Waals surface area contributed by atoms with E-state index in [9.17, 15) is 23.2 Å². The number of hydrogen-bond acceptors (Lipinski definition) is 5. The molecule has 0 saturated carbocycles. The molecule has 0 amide bonds. The number of halogens is 2. The van der Waals surface area contributed by atoms with Crippen LogP contribution in [0.2, 0.25) is 0 Å². The van der Waals surface area contributed by atoms with E-state index in [4.69, 9.17) is 15.3 Å². The molecule has 0 bridgehead atoms.